The van der Waals surface area contributed by atoms with Crippen molar-refractivity contribution in [3.05, 3.63) is 40.4 Å². The molecule has 3 rings (SSSR count). The molecule has 1 aromatic heterocycles. The number of rotatable bonds is 3. The summed E-state index contributed by atoms with van der Waals surface area (Å²) in [6.07, 6.45) is 0.752. The Balaban J connectivity index is 1.69. The summed E-state index contributed by atoms with van der Waals surface area (Å²) in [5.74, 6) is 1.51. The molecule has 2 heterocycles. The maximum absolute atomic E-state index is 12.2. The first-order valence-electron chi connectivity index (χ1n) is 6.69. The lowest BCUT2D eigenvalue weighted by Gasteiger charge is -2.26. The van der Waals surface area contributed by atoms with Crippen molar-refractivity contribution in [2.24, 2.45) is 0 Å². The summed E-state index contributed by atoms with van der Waals surface area (Å²) in [5.41, 5.74) is 2.48. The van der Waals surface area contributed by atoms with Crippen LogP contribution >= 0.6 is 11.5 Å². The van der Waals surface area contributed by atoms with Crippen LogP contribution in [0.3, 0.4) is 0 Å². The normalized spacial score (nSPS) is 16.8. The van der Waals surface area contributed by atoms with Crippen molar-refractivity contribution in [2.45, 2.75) is 19.4 Å². The van der Waals surface area contributed by atoms with E-state index < -0.39 is 0 Å². The van der Waals surface area contributed by atoms with Crippen molar-refractivity contribution in [1.29, 1.82) is 0 Å². The van der Waals surface area contributed by atoms with Gasteiger partial charge in [-0.15, -0.1) is 0 Å². The first-order chi connectivity index (χ1) is 10.2. The average molecular weight is 304 g/mol. The maximum atomic E-state index is 12.2. The van der Waals surface area contributed by atoms with Crippen LogP contribution in [-0.2, 0) is 6.42 Å². The highest BCUT2D eigenvalue weighted by Crippen LogP contribution is 2.29. The van der Waals surface area contributed by atoms with Crippen LogP contribution < -0.4 is 14.8 Å². The van der Waals surface area contributed by atoms with Gasteiger partial charge in [-0.25, -0.2) is 0 Å². The summed E-state index contributed by atoms with van der Waals surface area (Å²) in [7, 11) is 1.63. The van der Waals surface area contributed by atoms with E-state index in [0.717, 1.165) is 29.2 Å². The highest BCUT2D eigenvalue weighted by molar-refractivity contribution is 7.03. The Morgan fingerprint density at radius 3 is 3.10 bits per heavy atom. The van der Waals surface area contributed by atoms with E-state index in [1.165, 1.54) is 11.5 Å². The van der Waals surface area contributed by atoms with Crippen molar-refractivity contribution < 1.29 is 14.3 Å². The maximum Gasteiger partial charge on any atom is 0.254 e. The fourth-order valence-corrected chi connectivity index (χ4v) is 3.04. The van der Waals surface area contributed by atoms with Gasteiger partial charge in [0, 0.05) is 11.4 Å². The van der Waals surface area contributed by atoms with Gasteiger partial charge in [0.25, 0.3) is 5.91 Å². The molecule has 0 saturated carbocycles. The minimum atomic E-state index is -0.0909. The summed E-state index contributed by atoms with van der Waals surface area (Å²) in [6, 6.07) is 5.72. The molecule has 110 valence electrons. The molecule has 6 heteroatoms. The molecule has 1 aromatic carbocycles. The molecule has 1 aliphatic heterocycles. The van der Waals surface area contributed by atoms with Crippen LogP contribution in [0.5, 0.6) is 11.5 Å². The molecular formula is C15H16N2O3S. The Kier molecular flexibility index (Phi) is 3.79. The number of nitrogens with zero attached hydrogens (tertiary/aromatic N) is 1. The topological polar surface area (TPSA) is 60.5 Å². The molecule has 0 aliphatic carbocycles. The minimum absolute atomic E-state index is 0.0299. The molecule has 21 heavy (non-hydrogen) atoms. The number of carbonyl (C=O) groups is 1. The molecule has 1 N–H and O–H groups in total. The number of hydrogen-bond acceptors (Lipinski definition) is 5. The van der Waals surface area contributed by atoms with Gasteiger partial charge in [-0.3, -0.25) is 4.79 Å². The van der Waals surface area contributed by atoms with E-state index in [1.54, 1.807) is 12.5 Å². The molecular weight excluding hydrogens is 288 g/mol. The Hall–Kier alpha value is -2.08. The SMILES string of the molecule is COc1ccc2c(c1)OCC(NC(=O)c1csnc1C)C2. The van der Waals surface area contributed by atoms with Crippen LogP contribution in [0, 0.1) is 6.92 Å². The van der Waals surface area contributed by atoms with Crippen LogP contribution in [0.1, 0.15) is 21.6 Å². The zero-order valence-corrected chi connectivity index (χ0v) is 12.7. The number of benzene rings is 1. The van der Waals surface area contributed by atoms with E-state index in [4.69, 9.17) is 9.47 Å². The van der Waals surface area contributed by atoms with E-state index in [9.17, 15) is 4.79 Å². The largest absolute Gasteiger partial charge is 0.497 e. The molecule has 0 spiro atoms. The fourth-order valence-electron chi connectivity index (χ4n) is 2.35. The third-order valence-corrected chi connectivity index (χ3v) is 4.23. The summed E-state index contributed by atoms with van der Waals surface area (Å²) >= 11 is 1.29. The van der Waals surface area contributed by atoms with Gasteiger partial charge in [0.2, 0.25) is 0 Å². The quantitative estimate of drug-likeness (QED) is 0.944. The number of hydrogen-bond donors (Lipinski definition) is 1. The Morgan fingerprint density at radius 1 is 1.52 bits per heavy atom. The van der Waals surface area contributed by atoms with Crippen LogP contribution in [-0.4, -0.2) is 30.0 Å². The molecule has 2 aromatic rings. The van der Waals surface area contributed by atoms with Gasteiger partial charge in [-0.1, -0.05) is 6.07 Å². The van der Waals surface area contributed by atoms with E-state index in [1.807, 2.05) is 25.1 Å². The van der Waals surface area contributed by atoms with Crippen LogP contribution in [0.15, 0.2) is 23.6 Å². The van der Waals surface area contributed by atoms with Crippen molar-refractivity contribution in [2.75, 3.05) is 13.7 Å². The average Bonchev–Trinajstić information content (AvgIpc) is 2.93. The highest BCUT2D eigenvalue weighted by Gasteiger charge is 2.23. The number of carbonyl (C=O) groups excluding carboxylic acids is 1. The van der Waals surface area contributed by atoms with E-state index in [-0.39, 0.29) is 11.9 Å². The van der Waals surface area contributed by atoms with Crippen LogP contribution in [0.25, 0.3) is 0 Å². The third kappa shape index (κ3) is 2.85. The second-order valence-electron chi connectivity index (χ2n) is 4.97. The third-order valence-electron chi connectivity index (χ3n) is 3.51. The second kappa shape index (κ2) is 5.73. The number of amides is 1. The van der Waals surface area contributed by atoms with Gasteiger partial charge in [0.1, 0.15) is 18.1 Å². The second-order valence-corrected chi connectivity index (χ2v) is 5.60. The number of fused-ring (bicyclic) bond motifs is 1. The number of aromatic nitrogens is 1. The molecule has 0 saturated heterocycles. The van der Waals surface area contributed by atoms with Gasteiger partial charge in [0.15, 0.2) is 0 Å². The first kappa shape index (κ1) is 13.9. The molecule has 0 radical (unpaired) electrons. The van der Waals surface area contributed by atoms with Crippen molar-refractivity contribution in [1.82, 2.24) is 9.69 Å². The zero-order valence-electron chi connectivity index (χ0n) is 11.9. The Bertz CT molecular complexity index is 669. The lowest BCUT2D eigenvalue weighted by Crippen LogP contribution is -2.42. The Morgan fingerprint density at radius 2 is 2.38 bits per heavy atom. The summed E-state index contributed by atoms with van der Waals surface area (Å²) in [6.45, 7) is 2.30. The van der Waals surface area contributed by atoms with Gasteiger partial charge in [0.05, 0.1) is 24.4 Å². The lowest BCUT2D eigenvalue weighted by molar-refractivity contribution is 0.0915. The van der Waals surface area contributed by atoms with Gasteiger partial charge < -0.3 is 14.8 Å². The smallest absolute Gasteiger partial charge is 0.254 e. The van der Waals surface area contributed by atoms with Gasteiger partial charge in [-0.2, -0.15) is 4.37 Å². The molecule has 1 unspecified atom stereocenters. The number of aryl methyl sites for hydroxylation is 1. The molecule has 1 aliphatic rings. The van der Waals surface area contributed by atoms with Gasteiger partial charge >= 0.3 is 0 Å². The van der Waals surface area contributed by atoms with E-state index in [0.29, 0.717) is 12.2 Å². The number of methoxy groups -OCH3 is 1. The predicted molar refractivity (Wildman–Crippen MR) is 80.3 cm³/mol. The summed E-state index contributed by atoms with van der Waals surface area (Å²) < 4.78 is 15.0. The van der Waals surface area contributed by atoms with E-state index >= 15 is 0 Å². The van der Waals surface area contributed by atoms with Crippen LogP contribution in [0.2, 0.25) is 0 Å². The summed E-state index contributed by atoms with van der Waals surface area (Å²) in [4.78, 5) is 12.2. The standard InChI is InChI=1S/C15H16N2O3S/c1-9-13(8-21-17-9)15(18)16-11-5-10-3-4-12(19-2)6-14(10)20-7-11/h3-4,6,8,11H,5,7H2,1-2H3,(H,16,18). The van der Waals surface area contributed by atoms with Crippen molar-refractivity contribution in [3.8, 4) is 11.5 Å². The summed E-state index contributed by atoms with van der Waals surface area (Å²) in [5, 5.41) is 4.77. The minimum Gasteiger partial charge on any atom is -0.497 e. The first-order valence-corrected chi connectivity index (χ1v) is 7.52. The predicted octanol–water partition coefficient (Wildman–Crippen LogP) is 2.19. The number of ether oxygens (including phenoxy) is 2. The van der Waals surface area contributed by atoms with Crippen LogP contribution in [0.4, 0.5) is 0 Å². The Labute approximate surface area is 127 Å². The monoisotopic (exact) mass is 304 g/mol. The zero-order chi connectivity index (χ0) is 14.8. The molecule has 0 fully saturated rings. The highest BCUT2D eigenvalue weighted by atomic mass is 32.1. The van der Waals surface area contributed by atoms with E-state index in [2.05, 4.69) is 9.69 Å². The molecule has 0 bridgehead atoms. The lowest BCUT2D eigenvalue weighted by atomic mass is 10.0. The van der Waals surface area contributed by atoms with Gasteiger partial charge in [-0.05, 0) is 36.5 Å². The van der Waals surface area contributed by atoms with Crippen molar-refractivity contribution >= 4 is 17.4 Å². The molecule has 1 amide bonds. The number of nitrogens with one attached hydrogen (secondary N) is 1. The fraction of sp³-hybridized carbons (Fsp3) is 0.333. The molecule has 5 nitrogen and oxygen atoms in total. The van der Waals surface area contributed by atoms with Crippen molar-refractivity contribution in [3.63, 3.8) is 0 Å². The molecule has 1 atom stereocenters.